The second kappa shape index (κ2) is 9.24. The average Bonchev–Trinajstić information content (AvgIpc) is 2.65. The van der Waals surface area contributed by atoms with Gasteiger partial charge in [-0.3, -0.25) is 4.79 Å². The van der Waals surface area contributed by atoms with Crippen LogP contribution in [-0.4, -0.2) is 40.4 Å². The van der Waals surface area contributed by atoms with Crippen LogP contribution in [0.4, 0.5) is 0 Å². The fourth-order valence-corrected chi connectivity index (χ4v) is 3.83. The fraction of sp³-hybridized carbons (Fsp3) is 0.625. The average molecular weight is 435 g/mol. The minimum Gasteiger partial charge on any atom is -0.496 e. The lowest BCUT2D eigenvalue weighted by atomic mass is 9.93. The second-order valence-electron chi connectivity index (χ2n) is 10.4. The van der Waals surface area contributed by atoms with E-state index < -0.39 is 20.0 Å². The first-order valence-electron chi connectivity index (χ1n) is 10.6. The van der Waals surface area contributed by atoms with Gasteiger partial charge in [0.1, 0.15) is 11.9 Å². The third-order valence-corrected chi connectivity index (χ3v) is 10.4. The van der Waals surface area contributed by atoms with Crippen molar-refractivity contribution >= 4 is 14.3 Å². The number of carbonyl (C=O) groups excluding carboxylic acids is 1. The molecule has 3 atom stereocenters. The highest BCUT2D eigenvalue weighted by molar-refractivity contribution is 6.74. The highest BCUT2D eigenvalue weighted by Gasteiger charge is 2.40. The van der Waals surface area contributed by atoms with Gasteiger partial charge in [-0.2, -0.15) is 0 Å². The number of methoxy groups -OCH3 is 1. The smallest absolute Gasteiger partial charge is 0.313 e. The number of ether oxygens (including phenoxy) is 3. The summed E-state index contributed by atoms with van der Waals surface area (Å²) in [6.45, 7) is 17.0. The summed E-state index contributed by atoms with van der Waals surface area (Å²) in [6.07, 6.45) is 3.03. The lowest BCUT2D eigenvalue weighted by Crippen LogP contribution is -2.44. The molecule has 0 bridgehead atoms. The summed E-state index contributed by atoms with van der Waals surface area (Å²) in [5.41, 5.74) is 0.301. The molecule has 0 saturated heterocycles. The molecule has 0 N–H and O–H groups in total. The first kappa shape index (κ1) is 24.6. The summed E-state index contributed by atoms with van der Waals surface area (Å²) in [6, 6.07) is 7.74. The van der Waals surface area contributed by atoms with Crippen molar-refractivity contribution in [2.24, 2.45) is 5.41 Å². The van der Waals surface area contributed by atoms with Gasteiger partial charge in [-0.15, -0.1) is 0 Å². The summed E-state index contributed by atoms with van der Waals surface area (Å²) in [7, 11) is -0.273. The molecule has 0 aromatic heterocycles. The monoisotopic (exact) mass is 434 g/mol. The SMILES string of the molecule is COc1ccccc1[C@H]1C=C[C@@H](CO[Si](C)(C)C(C)(C)C)O[C@@H]1OC(=O)C(C)(C)C. The van der Waals surface area contributed by atoms with Crippen molar-refractivity contribution in [1.82, 2.24) is 0 Å². The van der Waals surface area contributed by atoms with E-state index in [1.54, 1.807) is 7.11 Å². The Kier molecular flexibility index (Phi) is 7.59. The molecule has 5 nitrogen and oxygen atoms in total. The number of hydrogen-bond donors (Lipinski definition) is 0. The Bertz CT molecular complexity index is 758. The summed E-state index contributed by atoms with van der Waals surface area (Å²) < 4.78 is 23.9. The van der Waals surface area contributed by atoms with Gasteiger partial charge in [-0.1, -0.05) is 51.1 Å². The van der Waals surface area contributed by atoms with E-state index in [9.17, 15) is 4.79 Å². The first-order chi connectivity index (χ1) is 13.8. The Morgan fingerprint density at radius 1 is 1.07 bits per heavy atom. The zero-order valence-electron chi connectivity index (χ0n) is 19.9. The molecule has 2 rings (SSSR count). The first-order valence-corrected chi connectivity index (χ1v) is 13.5. The summed E-state index contributed by atoms with van der Waals surface area (Å²) in [4.78, 5) is 12.6. The van der Waals surface area contributed by atoms with Gasteiger partial charge in [0.05, 0.1) is 25.0 Å². The highest BCUT2D eigenvalue weighted by atomic mass is 28.4. The van der Waals surface area contributed by atoms with E-state index in [0.717, 1.165) is 11.3 Å². The molecule has 1 aliphatic heterocycles. The molecular weight excluding hydrogens is 396 g/mol. The van der Waals surface area contributed by atoms with Crippen molar-refractivity contribution in [3.63, 3.8) is 0 Å². The molecule has 0 unspecified atom stereocenters. The van der Waals surface area contributed by atoms with Gasteiger partial charge in [0, 0.05) is 5.56 Å². The molecule has 168 valence electrons. The highest BCUT2D eigenvalue weighted by Crippen LogP contribution is 2.38. The van der Waals surface area contributed by atoms with Crippen molar-refractivity contribution in [3.8, 4) is 5.75 Å². The fourth-order valence-electron chi connectivity index (χ4n) is 2.81. The molecule has 1 aromatic rings. The molecule has 6 heteroatoms. The summed E-state index contributed by atoms with van der Waals surface area (Å²) in [5.74, 6) is 0.187. The van der Waals surface area contributed by atoms with Gasteiger partial charge in [0.2, 0.25) is 6.29 Å². The van der Waals surface area contributed by atoms with Crippen LogP contribution >= 0.6 is 0 Å². The van der Waals surface area contributed by atoms with Crippen LogP contribution in [0.1, 0.15) is 53.0 Å². The van der Waals surface area contributed by atoms with Crippen LogP contribution in [0.25, 0.3) is 0 Å². The topological polar surface area (TPSA) is 54.0 Å². The van der Waals surface area contributed by atoms with Crippen molar-refractivity contribution in [3.05, 3.63) is 42.0 Å². The van der Waals surface area contributed by atoms with Gasteiger partial charge in [0.15, 0.2) is 8.32 Å². The summed E-state index contributed by atoms with van der Waals surface area (Å²) in [5, 5.41) is 0.115. The minimum atomic E-state index is -1.91. The maximum absolute atomic E-state index is 12.6. The Morgan fingerprint density at radius 2 is 1.70 bits per heavy atom. The van der Waals surface area contributed by atoms with Crippen molar-refractivity contribution in [1.29, 1.82) is 0 Å². The third kappa shape index (κ3) is 5.96. The maximum atomic E-state index is 12.6. The Labute approximate surface area is 182 Å². The van der Waals surface area contributed by atoms with E-state index in [1.165, 1.54) is 0 Å². The maximum Gasteiger partial charge on any atom is 0.313 e. The van der Waals surface area contributed by atoms with E-state index >= 15 is 0 Å². The molecule has 1 aromatic carbocycles. The Hall–Kier alpha value is -1.63. The molecule has 1 aliphatic rings. The predicted molar refractivity (Wildman–Crippen MR) is 122 cm³/mol. The number of rotatable bonds is 6. The molecule has 30 heavy (non-hydrogen) atoms. The van der Waals surface area contributed by atoms with E-state index in [-0.39, 0.29) is 23.0 Å². The lowest BCUT2D eigenvalue weighted by Gasteiger charge is -2.39. The van der Waals surface area contributed by atoms with Crippen molar-refractivity contribution in [2.45, 2.75) is 78.0 Å². The van der Waals surface area contributed by atoms with E-state index in [2.05, 4.69) is 33.9 Å². The van der Waals surface area contributed by atoms with E-state index in [0.29, 0.717) is 6.61 Å². The van der Waals surface area contributed by atoms with Crippen LogP contribution in [0.5, 0.6) is 5.75 Å². The van der Waals surface area contributed by atoms with Crippen LogP contribution < -0.4 is 4.74 Å². The van der Waals surface area contributed by atoms with Crippen LogP contribution in [0.3, 0.4) is 0 Å². The molecular formula is C24H38O5Si. The van der Waals surface area contributed by atoms with Gasteiger partial charge < -0.3 is 18.6 Å². The van der Waals surface area contributed by atoms with Crippen LogP contribution in [-0.2, 0) is 18.7 Å². The van der Waals surface area contributed by atoms with Crippen LogP contribution in [0.2, 0.25) is 18.1 Å². The van der Waals surface area contributed by atoms with Crippen molar-refractivity contribution in [2.75, 3.05) is 13.7 Å². The normalized spacial score (nSPS) is 22.6. The van der Waals surface area contributed by atoms with Gasteiger partial charge in [-0.05, 0) is 45.0 Å². The molecule has 0 spiro atoms. The van der Waals surface area contributed by atoms with Gasteiger partial charge in [-0.25, -0.2) is 0 Å². The second-order valence-corrected chi connectivity index (χ2v) is 15.2. The van der Waals surface area contributed by atoms with Crippen molar-refractivity contribution < 1.29 is 23.4 Å². The number of benzene rings is 1. The lowest BCUT2D eigenvalue weighted by molar-refractivity contribution is -0.201. The van der Waals surface area contributed by atoms with E-state index in [4.69, 9.17) is 18.6 Å². The van der Waals surface area contributed by atoms with Crippen LogP contribution in [0, 0.1) is 5.41 Å². The molecule has 0 amide bonds. The molecule has 0 radical (unpaired) electrons. The van der Waals surface area contributed by atoms with Gasteiger partial charge in [0.25, 0.3) is 0 Å². The molecule has 0 aliphatic carbocycles. The van der Waals surface area contributed by atoms with Crippen LogP contribution in [0.15, 0.2) is 36.4 Å². The third-order valence-electron chi connectivity index (χ3n) is 5.88. The molecule has 1 heterocycles. The predicted octanol–water partition coefficient (Wildman–Crippen LogP) is 5.67. The van der Waals surface area contributed by atoms with E-state index in [1.807, 2.05) is 57.2 Å². The zero-order chi connectivity index (χ0) is 22.7. The summed E-state index contributed by atoms with van der Waals surface area (Å²) >= 11 is 0. The number of carbonyl (C=O) groups is 1. The minimum absolute atomic E-state index is 0.115. The standard InChI is InChI=1S/C24H38O5Si/c1-23(2,3)22(25)29-21-19(18-12-10-11-13-20(18)26-7)15-14-17(28-21)16-27-30(8,9)24(4,5)6/h10-15,17,19,21H,16H2,1-9H3/t17-,19+,21+/m0/s1. The zero-order valence-corrected chi connectivity index (χ0v) is 20.9. The number of hydrogen-bond acceptors (Lipinski definition) is 5. The molecule has 0 saturated carbocycles. The molecule has 0 fully saturated rings. The number of esters is 1. The van der Waals surface area contributed by atoms with Gasteiger partial charge >= 0.3 is 5.97 Å². The Morgan fingerprint density at radius 3 is 2.27 bits per heavy atom. The largest absolute Gasteiger partial charge is 0.496 e. The quantitative estimate of drug-likeness (QED) is 0.328. The Balaban J connectivity index is 2.26. The number of para-hydroxylation sites is 1.